The fourth-order valence-electron chi connectivity index (χ4n) is 1.17. The summed E-state index contributed by atoms with van der Waals surface area (Å²) in [6.45, 7) is 2.80. The van der Waals surface area contributed by atoms with Gasteiger partial charge in [-0.3, -0.25) is 0 Å². The van der Waals surface area contributed by atoms with Gasteiger partial charge in [0.2, 0.25) is 17.8 Å². The van der Waals surface area contributed by atoms with Crippen LogP contribution < -0.4 is 10.5 Å². The third-order valence-corrected chi connectivity index (χ3v) is 1.85. The zero-order valence-electron chi connectivity index (χ0n) is 7.66. The third kappa shape index (κ3) is 1.74. The molecule has 76 valence electrons. The summed E-state index contributed by atoms with van der Waals surface area (Å²) in [6.07, 6.45) is 0. The van der Waals surface area contributed by atoms with Gasteiger partial charge < -0.3 is 15.2 Å². The Balaban J connectivity index is 2.16. The van der Waals surface area contributed by atoms with Gasteiger partial charge in [-0.25, -0.2) is 0 Å². The first-order valence-electron chi connectivity index (χ1n) is 4.14. The van der Waals surface area contributed by atoms with Crippen LogP contribution in [0.2, 0.25) is 0 Å². The van der Waals surface area contributed by atoms with Crippen LogP contribution in [0.1, 0.15) is 6.92 Å². The van der Waals surface area contributed by atoms with Crippen LogP contribution in [0.4, 0.5) is 10.3 Å². The van der Waals surface area contributed by atoms with E-state index in [-0.39, 0.29) is 11.8 Å². The molecule has 1 aliphatic rings. The Hall–Kier alpha value is -1.43. The number of halogens is 1. The van der Waals surface area contributed by atoms with Crippen LogP contribution in [0.15, 0.2) is 6.07 Å². The van der Waals surface area contributed by atoms with Gasteiger partial charge in [0.25, 0.3) is 0 Å². The molecule has 1 fully saturated rings. The highest BCUT2D eigenvalue weighted by Crippen LogP contribution is 2.23. The molecule has 0 amide bonds. The maximum Gasteiger partial charge on any atom is 0.226 e. The van der Waals surface area contributed by atoms with Crippen molar-refractivity contribution in [3.63, 3.8) is 0 Å². The van der Waals surface area contributed by atoms with E-state index in [0.717, 1.165) is 6.07 Å². The molecule has 1 aliphatic heterocycles. The van der Waals surface area contributed by atoms with Crippen molar-refractivity contribution in [1.82, 2.24) is 9.97 Å². The molecule has 0 saturated carbocycles. The minimum absolute atomic E-state index is 0.135. The van der Waals surface area contributed by atoms with Gasteiger partial charge in [0, 0.05) is 0 Å². The molecule has 1 aromatic heterocycles. The number of nitrogens with two attached hydrogens (primary N) is 1. The molecule has 0 atom stereocenters. The zero-order valence-corrected chi connectivity index (χ0v) is 7.66. The summed E-state index contributed by atoms with van der Waals surface area (Å²) < 4.78 is 23.2. The van der Waals surface area contributed by atoms with Crippen molar-refractivity contribution in [3.8, 4) is 5.88 Å². The van der Waals surface area contributed by atoms with Crippen LogP contribution in [0.3, 0.4) is 0 Å². The first kappa shape index (κ1) is 9.14. The molecule has 0 aliphatic carbocycles. The topological polar surface area (TPSA) is 70.3 Å². The quantitative estimate of drug-likeness (QED) is 0.696. The summed E-state index contributed by atoms with van der Waals surface area (Å²) in [4.78, 5) is 7.05. The second-order valence-electron chi connectivity index (χ2n) is 3.43. The molecule has 5 nitrogen and oxygen atoms in total. The normalized spacial score (nSPS) is 18.7. The van der Waals surface area contributed by atoms with E-state index in [9.17, 15) is 4.39 Å². The Morgan fingerprint density at radius 3 is 2.79 bits per heavy atom. The molecule has 2 N–H and O–H groups in total. The highest BCUT2D eigenvalue weighted by molar-refractivity contribution is 5.22. The van der Waals surface area contributed by atoms with E-state index in [2.05, 4.69) is 9.97 Å². The second-order valence-corrected chi connectivity index (χ2v) is 3.43. The lowest BCUT2D eigenvalue weighted by Gasteiger charge is -2.37. The Morgan fingerprint density at radius 1 is 1.57 bits per heavy atom. The summed E-state index contributed by atoms with van der Waals surface area (Å²) in [6, 6.07) is 1.10. The van der Waals surface area contributed by atoms with Crippen molar-refractivity contribution >= 4 is 5.95 Å². The summed E-state index contributed by atoms with van der Waals surface area (Å²) in [7, 11) is 0. The molecule has 2 heterocycles. The van der Waals surface area contributed by atoms with Crippen molar-refractivity contribution in [1.29, 1.82) is 0 Å². The number of anilines is 1. The summed E-state index contributed by atoms with van der Waals surface area (Å²) in [5, 5.41) is 0. The van der Waals surface area contributed by atoms with Gasteiger partial charge in [0.05, 0.1) is 19.3 Å². The van der Waals surface area contributed by atoms with E-state index in [1.54, 1.807) is 0 Å². The van der Waals surface area contributed by atoms with Crippen LogP contribution in [0.5, 0.6) is 5.88 Å². The largest absolute Gasteiger partial charge is 0.466 e. The molecule has 0 aromatic carbocycles. The van der Waals surface area contributed by atoms with Crippen molar-refractivity contribution in [2.45, 2.75) is 12.5 Å². The number of aromatic nitrogens is 2. The monoisotopic (exact) mass is 199 g/mol. The molecule has 0 bridgehead atoms. The lowest BCUT2D eigenvalue weighted by molar-refractivity contribution is -0.151. The van der Waals surface area contributed by atoms with Crippen molar-refractivity contribution < 1.29 is 13.9 Å². The average Bonchev–Trinajstić information content (AvgIpc) is 1.99. The van der Waals surface area contributed by atoms with Crippen LogP contribution in [0, 0.1) is 5.95 Å². The van der Waals surface area contributed by atoms with Gasteiger partial charge in [-0.05, 0) is 6.92 Å². The van der Waals surface area contributed by atoms with Crippen LogP contribution in [-0.4, -0.2) is 28.8 Å². The Morgan fingerprint density at radius 2 is 2.29 bits per heavy atom. The van der Waals surface area contributed by atoms with E-state index in [1.165, 1.54) is 0 Å². The summed E-state index contributed by atoms with van der Waals surface area (Å²) in [5.41, 5.74) is 4.84. The molecule has 0 radical (unpaired) electrons. The first-order valence-corrected chi connectivity index (χ1v) is 4.14. The molecule has 6 heteroatoms. The van der Waals surface area contributed by atoms with Crippen molar-refractivity contribution in [2.75, 3.05) is 18.9 Å². The number of ether oxygens (including phenoxy) is 2. The molecule has 2 rings (SSSR count). The Bertz CT molecular complexity index is 334. The fraction of sp³-hybridized carbons (Fsp3) is 0.500. The summed E-state index contributed by atoms with van der Waals surface area (Å²) in [5.74, 6) is -0.694. The van der Waals surface area contributed by atoms with Crippen LogP contribution in [-0.2, 0) is 4.74 Å². The van der Waals surface area contributed by atoms with Gasteiger partial charge in [0.1, 0.15) is 0 Å². The van der Waals surface area contributed by atoms with Crippen molar-refractivity contribution in [2.24, 2.45) is 0 Å². The lowest BCUT2D eigenvalue weighted by atomic mass is 10.1. The first-order chi connectivity index (χ1) is 6.57. The van der Waals surface area contributed by atoms with E-state index < -0.39 is 11.5 Å². The minimum Gasteiger partial charge on any atom is -0.466 e. The highest BCUT2D eigenvalue weighted by Gasteiger charge is 2.36. The number of nitrogens with zero attached hydrogens (tertiary/aromatic N) is 2. The average molecular weight is 199 g/mol. The predicted molar refractivity (Wildman–Crippen MR) is 46.3 cm³/mol. The van der Waals surface area contributed by atoms with Gasteiger partial charge in [0.15, 0.2) is 5.60 Å². The molecular weight excluding hydrogens is 189 g/mol. The molecule has 14 heavy (non-hydrogen) atoms. The standard InChI is InChI=1S/C8H10FN3O2/c1-8(3-13-4-8)14-6-2-5(9)11-7(10)12-6/h2H,3-4H2,1H3,(H2,10,11,12). The number of nitrogen functional groups attached to an aromatic ring is 1. The maximum atomic E-state index is 12.8. The predicted octanol–water partition coefficient (Wildman–Crippen LogP) is 0.366. The number of hydrogen-bond acceptors (Lipinski definition) is 5. The second kappa shape index (κ2) is 3.06. The van der Waals surface area contributed by atoms with Gasteiger partial charge in [-0.1, -0.05) is 0 Å². The van der Waals surface area contributed by atoms with Gasteiger partial charge >= 0.3 is 0 Å². The van der Waals surface area contributed by atoms with E-state index in [4.69, 9.17) is 15.2 Å². The van der Waals surface area contributed by atoms with Gasteiger partial charge in [-0.15, -0.1) is 0 Å². The smallest absolute Gasteiger partial charge is 0.226 e. The number of hydrogen-bond donors (Lipinski definition) is 1. The molecule has 0 spiro atoms. The van der Waals surface area contributed by atoms with E-state index in [0.29, 0.717) is 13.2 Å². The van der Waals surface area contributed by atoms with Crippen LogP contribution in [0.25, 0.3) is 0 Å². The Kier molecular flexibility index (Phi) is 1.99. The molecular formula is C8H10FN3O2. The zero-order chi connectivity index (χ0) is 10.2. The molecule has 1 aromatic rings. The van der Waals surface area contributed by atoms with E-state index >= 15 is 0 Å². The van der Waals surface area contributed by atoms with E-state index in [1.807, 2.05) is 6.92 Å². The maximum absolute atomic E-state index is 12.8. The SMILES string of the molecule is CC1(Oc2cc(F)nc(N)n2)COC1. The van der Waals surface area contributed by atoms with Gasteiger partial charge in [-0.2, -0.15) is 14.4 Å². The van der Waals surface area contributed by atoms with Crippen molar-refractivity contribution in [3.05, 3.63) is 12.0 Å². The number of rotatable bonds is 2. The Labute approximate surface area is 80.1 Å². The fourth-order valence-corrected chi connectivity index (χ4v) is 1.17. The molecule has 1 saturated heterocycles. The highest BCUT2D eigenvalue weighted by atomic mass is 19.1. The minimum atomic E-state index is -0.698. The summed E-state index contributed by atoms with van der Waals surface area (Å²) >= 11 is 0. The third-order valence-electron chi connectivity index (χ3n) is 1.85. The molecule has 0 unspecified atom stereocenters. The lowest BCUT2D eigenvalue weighted by Crippen LogP contribution is -2.51. The van der Waals surface area contributed by atoms with Crippen LogP contribution >= 0.6 is 0 Å².